The molecule has 3 N–H and O–H groups in total. The van der Waals surface area contributed by atoms with E-state index in [2.05, 4.69) is 25.2 Å². The molecule has 0 atom stereocenters. The normalized spacial score (nSPS) is 10.7. The summed E-state index contributed by atoms with van der Waals surface area (Å²) in [7, 11) is 0. The second kappa shape index (κ2) is 6.22. The van der Waals surface area contributed by atoms with E-state index in [4.69, 9.17) is 18.0 Å². The van der Waals surface area contributed by atoms with Crippen LogP contribution in [0.4, 0.5) is 15.8 Å². The summed E-state index contributed by atoms with van der Waals surface area (Å²) in [5, 5.41) is 3.37. The fourth-order valence-corrected chi connectivity index (χ4v) is 2.48. The zero-order chi connectivity index (χ0) is 15.6. The third-order valence-electron chi connectivity index (χ3n) is 3.43. The first-order valence-electron chi connectivity index (χ1n) is 6.86. The van der Waals surface area contributed by atoms with Gasteiger partial charge in [-0.15, -0.1) is 0 Å². The molecule has 0 aliphatic carbocycles. The van der Waals surface area contributed by atoms with E-state index in [-0.39, 0.29) is 10.8 Å². The zero-order valence-corrected chi connectivity index (χ0v) is 13.2. The number of hydrogen-bond acceptors (Lipinski definition) is 2. The maximum absolute atomic E-state index is 13.4. The topological polar surface area (TPSA) is 38.0 Å². The van der Waals surface area contributed by atoms with Crippen LogP contribution in [0.15, 0.2) is 36.4 Å². The predicted octanol–water partition coefficient (Wildman–Crippen LogP) is 4.64. The summed E-state index contributed by atoms with van der Waals surface area (Å²) in [5.74, 6) is 0.0262. The molecule has 0 radical (unpaired) electrons. The summed E-state index contributed by atoms with van der Waals surface area (Å²) >= 11 is 5.01. The smallest absolute Gasteiger partial charge is 0.124 e. The molecule has 0 unspecified atom stereocenters. The number of benzene rings is 2. The third-order valence-corrected chi connectivity index (χ3v) is 3.65. The second-order valence-corrected chi connectivity index (χ2v) is 5.81. The van der Waals surface area contributed by atoms with Gasteiger partial charge in [0.25, 0.3) is 0 Å². The van der Waals surface area contributed by atoms with E-state index < -0.39 is 0 Å². The Labute approximate surface area is 130 Å². The van der Waals surface area contributed by atoms with Crippen molar-refractivity contribution >= 4 is 28.6 Å². The van der Waals surface area contributed by atoms with Crippen LogP contribution in [0.25, 0.3) is 0 Å². The Morgan fingerprint density at radius 2 is 1.95 bits per heavy atom. The molecule has 0 bridgehead atoms. The lowest BCUT2D eigenvalue weighted by molar-refractivity contribution is 0.628. The number of rotatable bonds is 4. The number of halogens is 1. The second-order valence-electron chi connectivity index (χ2n) is 5.37. The summed E-state index contributed by atoms with van der Waals surface area (Å²) in [4.78, 5) is 0.177. The molecule has 0 fully saturated rings. The number of thiocarbonyl (C=S) groups is 1. The molecule has 0 saturated carbocycles. The summed E-state index contributed by atoms with van der Waals surface area (Å²) in [6.07, 6.45) is 0. The average molecular weight is 302 g/mol. The highest BCUT2D eigenvalue weighted by Crippen LogP contribution is 2.31. The van der Waals surface area contributed by atoms with Gasteiger partial charge >= 0.3 is 0 Å². The van der Waals surface area contributed by atoms with Gasteiger partial charge in [0, 0.05) is 16.9 Å². The van der Waals surface area contributed by atoms with Crippen molar-refractivity contribution in [1.29, 1.82) is 0 Å². The molecule has 2 aromatic carbocycles. The van der Waals surface area contributed by atoms with E-state index in [1.165, 1.54) is 17.7 Å². The van der Waals surface area contributed by atoms with Gasteiger partial charge in [-0.3, -0.25) is 0 Å². The number of anilines is 2. The molecule has 0 saturated heterocycles. The van der Waals surface area contributed by atoms with Crippen LogP contribution in [0.3, 0.4) is 0 Å². The summed E-state index contributed by atoms with van der Waals surface area (Å²) in [5.41, 5.74) is 10.3. The van der Waals surface area contributed by atoms with Crippen molar-refractivity contribution in [2.45, 2.75) is 26.7 Å². The number of hydrogen-bond donors (Lipinski definition) is 2. The maximum atomic E-state index is 13.4. The minimum absolute atomic E-state index is 0.177. The summed E-state index contributed by atoms with van der Waals surface area (Å²) in [6.45, 7) is 6.32. The first-order valence-corrected chi connectivity index (χ1v) is 7.27. The van der Waals surface area contributed by atoms with Crippen molar-refractivity contribution < 1.29 is 4.39 Å². The van der Waals surface area contributed by atoms with Crippen LogP contribution in [0, 0.1) is 12.7 Å². The molecule has 21 heavy (non-hydrogen) atoms. The SMILES string of the molecule is Cc1cccc(C(C)C)c1Nc1ccc(F)cc1C(N)=S. The molecule has 2 aromatic rings. The Bertz CT molecular complexity index is 680. The molecule has 0 amide bonds. The fraction of sp³-hybridized carbons (Fsp3) is 0.235. The van der Waals surface area contributed by atoms with Gasteiger partial charge in [-0.25, -0.2) is 4.39 Å². The number of aryl methyl sites for hydroxylation is 1. The monoisotopic (exact) mass is 302 g/mol. The molecule has 0 aliphatic heterocycles. The van der Waals surface area contributed by atoms with E-state index >= 15 is 0 Å². The van der Waals surface area contributed by atoms with Gasteiger partial charge in [-0.1, -0.05) is 44.3 Å². The lowest BCUT2D eigenvalue weighted by atomic mass is 9.97. The van der Waals surface area contributed by atoms with Gasteiger partial charge in [0.1, 0.15) is 10.8 Å². The quantitative estimate of drug-likeness (QED) is 0.808. The van der Waals surface area contributed by atoms with Crippen molar-refractivity contribution in [3.63, 3.8) is 0 Å². The van der Waals surface area contributed by atoms with Crippen LogP contribution in [-0.4, -0.2) is 4.99 Å². The molecule has 0 aliphatic rings. The average Bonchev–Trinajstić information content (AvgIpc) is 2.42. The minimum atomic E-state index is -0.350. The Morgan fingerprint density at radius 3 is 2.57 bits per heavy atom. The van der Waals surface area contributed by atoms with Crippen LogP contribution in [-0.2, 0) is 0 Å². The minimum Gasteiger partial charge on any atom is -0.389 e. The van der Waals surface area contributed by atoms with Crippen molar-refractivity contribution in [2.24, 2.45) is 5.73 Å². The van der Waals surface area contributed by atoms with Gasteiger partial charge in [-0.05, 0) is 42.2 Å². The number of nitrogens with two attached hydrogens (primary N) is 1. The fourth-order valence-electron chi connectivity index (χ4n) is 2.31. The lowest BCUT2D eigenvalue weighted by Gasteiger charge is -2.19. The van der Waals surface area contributed by atoms with Crippen LogP contribution >= 0.6 is 12.2 Å². The van der Waals surface area contributed by atoms with Crippen LogP contribution in [0.1, 0.15) is 36.5 Å². The first-order chi connectivity index (χ1) is 9.90. The molecular formula is C17H19FN2S. The number of para-hydroxylation sites is 1. The Kier molecular flexibility index (Phi) is 4.58. The zero-order valence-electron chi connectivity index (χ0n) is 12.4. The van der Waals surface area contributed by atoms with Gasteiger partial charge in [0.05, 0.1) is 0 Å². The molecule has 2 rings (SSSR count). The van der Waals surface area contributed by atoms with Crippen molar-refractivity contribution in [1.82, 2.24) is 0 Å². The number of nitrogens with one attached hydrogen (secondary N) is 1. The highest BCUT2D eigenvalue weighted by molar-refractivity contribution is 7.80. The van der Waals surface area contributed by atoms with Crippen LogP contribution < -0.4 is 11.1 Å². The van der Waals surface area contributed by atoms with E-state index in [9.17, 15) is 4.39 Å². The van der Waals surface area contributed by atoms with Gasteiger partial charge in [-0.2, -0.15) is 0 Å². The molecule has 110 valence electrons. The molecule has 2 nitrogen and oxygen atoms in total. The standard InChI is InChI=1S/C17H19FN2S/c1-10(2)13-6-4-5-11(3)16(13)20-15-8-7-12(18)9-14(15)17(19)21/h4-10,20H,1-3H3,(H2,19,21). The van der Waals surface area contributed by atoms with Gasteiger partial charge in [0.2, 0.25) is 0 Å². The van der Waals surface area contributed by atoms with Crippen LogP contribution in [0.2, 0.25) is 0 Å². The third kappa shape index (κ3) is 3.39. The van der Waals surface area contributed by atoms with E-state index in [1.54, 1.807) is 6.07 Å². The Hall–Kier alpha value is -1.94. The van der Waals surface area contributed by atoms with Crippen LogP contribution in [0.5, 0.6) is 0 Å². The van der Waals surface area contributed by atoms with Crippen molar-refractivity contribution in [3.05, 3.63) is 58.9 Å². The van der Waals surface area contributed by atoms with E-state index in [0.717, 1.165) is 16.9 Å². The largest absolute Gasteiger partial charge is 0.389 e. The van der Waals surface area contributed by atoms with Crippen molar-refractivity contribution in [2.75, 3.05) is 5.32 Å². The van der Waals surface area contributed by atoms with Gasteiger partial charge < -0.3 is 11.1 Å². The van der Waals surface area contributed by atoms with E-state index in [1.807, 2.05) is 19.1 Å². The molecule has 0 aromatic heterocycles. The molecule has 4 heteroatoms. The van der Waals surface area contributed by atoms with Crippen molar-refractivity contribution in [3.8, 4) is 0 Å². The maximum Gasteiger partial charge on any atom is 0.124 e. The molecule has 0 heterocycles. The Balaban J connectivity index is 2.51. The lowest BCUT2D eigenvalue weighted by Crippen LogP contribution is -2.13. The molecular weight excluding hydrogens is 283 g/mol. The first kappa shape index (κ1) is 15.4. The van der Waals surface area contributed by atoms with E-state index in [0.29, 0.717) is 11.5 Å². The summed E-state index contributed by atoms with van der Waals surface area (Å²) < 4.78 is 13.4. The highest BCUT2D eigenvalue weighted by Gasteiger charge is 2.12. The summed E-state index contributed by atoms with van der Waals surface area (Å²) in [6, 6.07) is 10.6. The highest BCUT2D eigenvalue weighted by atomic mass is 32.1. The van der Waals surface area contributed by atoms with Gasteiger partial charge in [0.15, 0.2) is 0 Å². The molecule has 0 spiro atoms. The predicted molar refractivity (Wildman–Crippen MR) is 90.8 cm³/mol. The Morgan fingerprint density at radius 1 is 1.24 bits per heavy atom.